The molecule has 0 aliphatic carbocycles. The van der Waals surface area contributed by atoms with Crippen LogP contribution in [-0.2, 0) is 16.0 Å². The molecule has 2 heterocycles. The fourth-order valence-electron chi connectivity index (χ4n) is 2.88. The van der Waals surface area contributed by atoms with Gasteiger partial charge < -0.3 is 18.8 Å². The molecule has 0 saturated carbocycles. The predicted molar refractivity (Wildman–Crippen MR) is 111 cm³/mol. The number of morpholine rings is 1. The Bertz CT molecular complexity index is 844. The smallest absolute Gasteiger partial charge is 0.277 e. The van der Waals surface area contributed by atoms with Crippen LogP contribution in [-0.4, -0.2) is 45.0 Å². The summed E-state index contributed by atoms with van der Waals surface area (Å²) >= 11 is 3.50. The van der Waals surface area contributed by atoms with Crippen molar-refractivity contribution in [1.29, 1.82) is 0 Å². The number of hydrogen-bond acceptors (Lipinski definition) is 6. The monoisotopic (exact) mass is 449 g/mol. The molecule has 150 valence electrons. The van der Waals surface area contributed by atoms with Gasteiger partial charge in [-0.2, -0.15) is 5.10 Å². The summed E-state index contributed by atoms with van der Waals surface area (Å²) in [6, 6.07) is 7.76. The highest BCUT2D eigenvalue weighted by Crippen LogP contribution is 2.30. The van der Waals surface area contributed by atoms with E-state index in [1.54, 1.807) is 0 Å². The number of rotatable bonds is 7. The van der Waals surface area contributed by atoms with Crippen LogP contribution in [0.5, 0.6) is 5.75 Å². The second-order valence-electron chi connectivity index (χ2n) is 6.49. The van der Waals surface area contributed by atoms with Gasteiger partial charge in [0, 0.05) is 19.2 Å². The Morgan fingerprint density at radius 2 is 2.11 bits per heavy atom. The van der Waals surface area contributed by atoms with Crippen molar-refractivity contribution in [3.8, 4) is 5.75 Å². The van der Waals surface area contributed by atoms with E-state index in [4.69, 9.17) is 13.9 Å². The van der Waals surface area contributed by atoms with Gasteiger partial charge >= 0.3 is 0 Å². The number of benzene rings is 1. The van der Waals surface area contributed by atoms with E-state index in [2.05, 4.69) is 44.3 Å². The third-order valence-corrected chi connectivity index (χ3v) is 4.82. The fourth-order valence-corrected chi connectivity index (χ4v) is 3.44. The summed E-state index contributed by atoms with van der Waals surface area (Å²) in [5, 5.41) is 3.94. The van der Waals surface area contributed by atoms with E-state index in [9.17, 15) is 4.79 Å². The molecule has 0 spiro atoms. The van der Waals surface area contributed by atoms with Crippen molar-refractivity contribution in [3.63, 3.8) is 0 Å². The lowest BCUT2D eigenvalue weighted by atomic mass is 10.1. The van der Waals surface area contributed by atoms with Crippen molar-refractivity contribution in [2.45, 2.75) is 20.3 Å². The maximum Gasteiger partial charge on any atom is 0.277 e. The number of anilines is 1. The topological polar surface area (TPSA) is 76.3 Å². The summed E-state index contributed by atoms with van der Waals surface area (Å²) in [5.74, 6) is 1.63. The van der Waals surface area contributed by atoms with E-state index in [0.29, 0.717) is 24.7 Å². The molecule has 0 atom stereocenters. The average Bonchev–Trinajstić information content (AvgIpc) is 3.07. The third kappa shape index (κ3) is 5.59. The zero-order valence-electron chi connectivity index (χ0n) is 16.0. The summed E-state index contributed by atoms with van der Waals surface area (Å²) < 4.78 is 17.5. The molecule has 0 bridgehead atoms. The van der Waals surface area contributed by atoms with Crippen molar-refractivity contribution in [3.05, 3.63) is 45.6 Å². The van der Waals surface area contributed by atoms with Crippen LogP contribution < -0.4 is 15.1 Å². The van der Waals surface area contributed by atoms with Gasteiger partial charge in [0.2, 0.25) is 5.88 Å². The minimum absolute atomic E-state index is 0.106. The normalized spacial score (nSPS) is 14.5. The van der Waals surface area contributed by atoms with Crippen LogP contribution in [0.4, 0.5) is 5.88 Å². The molecule has 8 heteroatoms. The zero-order chi connectivity index (χ0) is 19.9. The molecular weight excluding hydrogens is 426 g/mol. The van der Waals surface area contributed by atoms with Crippen molar-refractivity contribution >= 4 is 33.9 Å². The second kappa shape index (κ2) is 9.75. The summed E-state index contributed by atoms with van der Waals surface area (Å²) in [7, 11) is 0. The number of nitrogens with one attached hydrogen (secondary N) is 1. The van der Waals surface area contributed by atoms with Gasteiger partial charge in [0.15, 0.2) is 12.4 Å². The van der Waals surface area contributed by atoms with E-state index in [-0.39, 0.29) is 12.5 Å². The third-order valence-electron chi connectivity index (χ3n) is 4.26. The first kappa shape index (κ1) is 20.4. The molecule has 1 fully saturated rings. The molecule has 0 radical (unpaired) electrons. The van der Waals surface area contributed by atoms with Crippen molar-refractivity contribution in [2.24, 2.45) is 5.10 Å². The van der Waals surface area contributed by atoms with E-state index in [1.807, 2.05) is 25.1 Å². The molecular formula is C20H24BrN3O4. The Balaban J connectivity index is 1.50. The maximum absolute atomic E-state index is 12.0. The first-order valence-electron chi connectivity index (χ1n) is 9.22. The van der Waals surface area contributed by atoms with E-state index < -0.39 is 0 Å². The fraction of sp³-hybridized carbons (Fsp3) is 0.400. The molecule has 2 aromatic rings. The van der Waals surface area contributed by atoms with Crippen LogP contribution >= 0.6 is 15.9 Å². The van der Waals surface area contributed by atoms with E-state index >= 15 is 0 Å². The molecule has 1 aliphatic heterocycles. The first-order valence-corrected chi connectivity index (χ1v) is 10.0. The zero-order valence-corrected chi connectivity index (χ0v) is 17.6. The molecule has 1 aromatic heterocycles. The lowest BCUT2D eigenvalue weighted by molar-refractivity contribution is -0.123. The molecule has 28 heavy (non-hydrogen) atoms. The van der Waals surface area contributed by atoms with Crippen LogP contribution in [0.1, 0.15) is 23.8 Å². The molecule has 7 nitrogen and oxygen atoms in total. The molecule has 0 unspecified atom stereocenters. The van der Waals surface area contributed by atoms with Crippen molar-refractivity contribution < 1.29 is 18.7 Å². The lowest BCUT2D eigenvalue weighted by Gasteiger charge is -2.26. The second-order valence-corrected chi connectivity index (χ2v) is 7.35. The van der Waals surface area contributed by atoms with Crippen molar-refractivity contribution in [2.75, 3.05) is 37.8 Å². The van der Waals surface area contributed by atoms with E-state index in [0.717, 1.165) is 35.4 Å². The number of hydrazone groups is 1. The minimum Gasteiger partial charge on any atom is -0.484 e. The van der Waals surface area contributed by atoms with Crippen LogP contribution in [0.2, 0.25) is 0 Å². The Hall–Kier alpha value is -2.32. The highest BCUT2D eigenvalue weighted by molar-refractivity contribution is 9.10. The minimum atomic E-state index is -0.338. The largest absolute Gasteiger partial charge is 0.484 e. The number of aryl methyl sites for hydroxylation is 2. The van der Waals surface area contributed by atoms with Crippen LogP contribution in [0.15, 0.2) is 38.3 Å². The quantitative estimate of drug-likeness (QED) is 0.518. The number of nitrogens with zero attached hydrogens (tertiary/aromatic N) is 2. The van der Waals surface area contributed by atoms with Crippen LogP contribution in [0.3, 0.4) is 0 Å². The van der Waals surface area contributed by atoms with Crippen LogP contribution in [0, 0.1) is 6.92 Å². The summed E-state index contributed by atoms with van der Waals surface area (Å²) in [4.78, 5) is 14.1. The molecule has 1 aliphatic rings. The Labute approximate surface area is 172 Å². The Morgan fingerprint density at radius 3 is 2.86 bits per heavy atom. The van der Waals surface area contributed by atoms with Gasteiger partial charge in [0.05, 0.1) is 23.9 Å². The molecule has 1 N–H and O–H groups in total. The number of furan rings is 1. The van der Waals surface area contributed by atoms with Gasteiger partial charge in [-0.15, -0.1) is 0 Å². The number of carbonyl (C=O) groups is 1. The SMILES string of the molecule is CCc1cc(C)cc(OCC(=O)N/N=C/c2cc(Br)c(N3CCOCC3)o2)c1. The summed E-state index contributed by atoms with van der Waals surface area (Å²) in [5.41, 5.74) is 4.73. The highest BCUT2D eigenvalue weighted by atomic mass is 79.9. The number of hydrogen-bond donors (Lipinski definition) is 1. The predicted octanol–water partition coefficient (Wildman–Crippen LogP) is 3.28. The summed E-state index contributed by atoms with van der Waals surface area (Å²) in [6.07, 6.45) is 2.38. The molecule has 1 aromatic carbocycles. The van der Waals surface area contributed by atoms with Crippen molar-refractivity contribution in [1.82, 2.24) is 5.43 Å². The number of halogens is 1. The summed E-state index contributed by atoms with van der Waals surface area (Å²) in [6.45, 7) is 6.87. The van der Waals surface area contributed by atoms with Gasteiger partial charge in [-0.25, -0.2) is 5.43 Å². The highest BCUT2D eigenvalue weighted by Gasteiger charge is 2.18. The van der Waals surface area contributed by atoms with Gasteiger partial charge in [-0.3, -0.25) is 4.79 Å². The number of ether oxygens (including phenoxy) is 2. The molecule has 3 rings (SSSR count). The van der Waals surface area contributed by atoms with Gasteiger partial charge in [-0.05, 0) is 52.5 Å². The lowest BCUT2D eigenvalue weighted by Crippen LogP contribution is -2.36. The molecule has 1 saturated heterocycles. The van der Waals surface area contributed by atoms with Gasteiger partial charge in [0.25, 0.3) is 5.91 Å². The Kier molecular flexibility index (Phi) is 7.11. The molecule has 1 amide bonds. The van der Waals surface area contributed by atoms with Gasteiger partial charge in [0.1, 0.15) is 5.75 Å². The van der Waals surface area contributed by atoms with Gasteiger partial charge in [-0.1, -0.05) is 13.0 Å². The number of amides is 1. The Morgan fingerprint density at radius 1 is 1.32 bits per heavy atom. The number of carbonyl (C=O) groups excluding carboxylic acids is 1. The maximum atomic E-state index is 12.0. The first-order chi connectivity index (χ1) is 13.5. The standard InChI is InChI=1S/C20H24BrN3O4/c1-3-15-8-14(2)9-16(10-15)27-13-19(25)23-22-12-17-11-18(21)20(28-17)24-4-6-26-7-5-24/h8-12H,3-7,13H2,1-2H3,(H,23,25)/b22-12+. The van der Waals surface area contributed by atoms with Crippen LogP contribution in [0.25, 0.3) is 0 Å². The van der Waals surface area contributed by atoms with E-state index in [1.165, 1.54) is 11.8 Å². The average molecular weight is 450 g/mol.